The van der Waals surface area contributed by atoms with Gasteiger partial charge in [0.2, 0.25) is 0 Å². The molecule has 1 aliphatic heterocycles. The molecule has 31 heavy (non-hydrogen) atoms. The third kappa shape index (κ3) is 3.47. The Morgan fingerprint density at radius 3 is 2.52 bits per heavy atom. The molecule has 1 aromatic carbocycles. The number of aromatic nitrogens is 4. The summed E-state index contributed by atoms with van der Waals surface area (Å²) in [6, 6.07) is 14.1. The minimum Gasteiger partial charge on any atom is -0.383 e. The van der Waals surface area contributed by atoms with E-state index in [-0.39, 0.29) is 11.7 Å². The zero-order valence-corrected chi connectivity index (χ0v) is 17.4. The smallest absolute Gasteiger partial charge is 0.165 e. The number of piperidine rings is 1. The number of hydrogen-bond acceptors (Lipinski definition) is 6. The van der Waals surface area contributed by atoms with Crippen LogP contribution in [0.2, 0.25) is 0 Å². The number of fused-ring (bicyclic) bond motifs is 1. The van der Waals surface area contributed by atoms with Gasteiger partial charge in [-0.25, -0.2) is 4.98 Å². The fourth-order valence-electron chi connectivity index (χ4n) is 4.32. The number of nitrogens with two attached hydrogens (primary N) is 1. The molecule has 1 fully saturated rings. The van der Waals surface area contributed by atoms with Crippen LogP contribution < -0.4 is 11.1 Å². The molecular formula is C24H24N6O. The molecule has 0 bridgehead atoms. The van der Waals surface area contributed by atoms with Crippen LogP contribution >= 0.6 is 0 Å². The number of pyridine rings is 1. The van der Waals surface area contributed by atoms with E-state index in [4.69, 9.17) is 10.7 Å². The summed E-state index contributed by atoms with van der Waals surface area (Å²) in [6.45, 7) is 3.36. The summed E-state index contributed by atoms with van der Waals surface area (Å²) in [6.07, 6.45) is 5.44. The van der Waals surface area contributed by atoms with Crippen LogP contribution in [0.1, 0.15) is 41.7 Å². The molecule has 4 heterocycles. The van der Waals surface area contributed by atoms with Crippen LogP contribution in [0.4, 0.5) is 5.82 Å². The number of nitrogen functional groups attached to an aromatic ring is 1. The molecule has 1 aliphatic rings. The van der Waals surface area contributed by atoms with E-state index in [1.165, 1.54) is 0 Å². The molecule has 0 unspecified atom stereocenters. The van der Waals surface area contributed by atoms with Crippen LogP contribution in [0, 0.1) is 0 Å². The SMILES string of the molecule is CC(=O)c1c(C2CCNCC2)nc2c(-c3ccc(-c4ccccc4)nc3)cnn2c1N. The zero-order chi connectivity index (χ0) is 21.4. The third-order valence-corrected chi connectivity index (χ3v) is 5.93. The van der Waals surface area contributed by atoms with Gasteiger partial charge in [-0.3, -0.25) is 9.78 Å². The Morgan fingerprint density at radius 2 is 1.84 bits per heavy atom. The van der Waals surface area contributed by atoms with Crippen LogP contribution in [0.25, 0.3) is 28.0 Å². The molecule has 0 atom stereocenters. The second-order valence-electron chi connectivity index (χ2n) is 7.93. The summed E-state index contributed by atoms with van der Waals surface area (Å²) in [5, 5.41) is 7.81. The topological polar surface area (TPSA) is 98.2 Å². The quantitative estimate of drug-likeness (QED) is 0.496. The van der Waals surface area contributed by atoms with E-state index in [2.05, 4.69) is 15.4 Å². The normalized spacial score (nSPS) is 14.7. The molecule has 156 valence electrons. The van der Waals surface area contributed by atoms with Crippen molar-refractivity contribution in [3.05, 3.63) is 66.1 Å². The Balaban J connectivity index is 1.62. The van der Waals surface area contributed by atoms with E-state index in [9.17, 15) is 4.79 Å². The van der Waals surface area contributed by atoms with E-state index in [1.54, 1.807) is 17.6 Å². The van der Waals surface area contributed by atoms with Crippen molar-refractivity contribution in [3.63, 3.8) is 0 Å². The van der Waals surface area contributed by atoms with Crippen molar-refractivity contribution in [3.8, 4) is 22.4 Å². The number of rotatable bonds is 4. The Hall–Kier alpha value is -3.58. The molecule has 0 spiro atoms. The number of carbonyl (C=O) groups is 1. The number of Topliss-reactive ketones (excluding diaryl/α,β-unsaturated/α-hetero) is 1. The molecule has 0 radical (unpaired) electrons. The van der Waals surface area contributed by atoms with E-state index < -0.39 is 0 Å². The fraction of sp³-hybridized carbons (Fsp3) is 0.250. The molecule has 7 nitrogen and oxygen atoms in total. The highest BCUT2D eigenvalue weighted by molar-refractivity contribution is 6.00. The second kappa shape index (κ2) is 7.92. The summed E-state index contributed by atoms with van der Waals surface area (Å²) in [4.78, 5) is 22.0. The molecule has 0 amide bonds. The number of hydrogen-bond donors (Lipinski definition) is 2. The average Bonchev–Trinajstić information content (AvgIpc) is 3.24. The average molecular weight is 412 g/mol. The first kappa shape index (κ1) is 19.4. The molecule has 7 heteroatoms. The van der Waals surface area contributed by atoms with Crippen molar-refractivity contribution in [2.75, 3.05) is 18.8 Å². The standard InChI is InChI=1S/C24H24N6O/c1-15(31)21-22(17-9-11-26-12-10-17)29-24-19(14-28-30(24)23(21)25)18-7-8-20(27-13-18)16-5-3-2-4-6-16/h2-8,13-14,17,26H,9-12,25H2,1H3. The Morgan fingerprint density at radius 1 is 1.06 bits per heavy atom. The first-order valence-corrected chi connectivity index (χ1v) is 10.5. The lowest BCUT2D eigenvalue weighted by Crippen LogP contribution is -2.28. The Kier molecular flexibility index (Phi) is 4.95. The summed E-state index contributed by atoms with van der Waals surface area (Å²) in [5.41, 5.74) is 12.1. The van der Waals surface area contributed by atoms with Crippen LogP contribution in [0.15, 0.2) is 54.9 Å². The van der Waals surface area contributed by atoms with Crippen LogP contribution in [-0.4, -0.2) is 38.5 Å². The Labute approximate surface area is 180 Å². The van der Waals surface area contributed by atoms with Crippen LogP contribution in [0.3, 0.4) is 0 Å². The molecule has 5 rings (SSSR count). The lowest BCUT2D eigenvalue weighted by Gasteiger charge is -2.24. The zero-order valence-electron chi connectivity index (χ0n) is 17.4. The third-order valence-electron chi connectivity index (χ3n) is 5.93. The fourth-order valence-corrected chi connectivity index (χ4v) is 4.32. The van der Waals surface area contributed by atoms with E-state index >= 15 is 0 Å². The highest BCUT2D eigenvalue weighted by atomic mass is 16.1. The van der Waals surface area contributed by atoms with Crippen molar-refractivity contribution < 1.29 is 4.79 Å². The summed E-state index contributed by atoms with van der Waals surface area (Å²) < 4.78 is 1.57. The first-order valence-electron chi connectivity index (χ1n) is 10.5. The number of anilines is 1. The number of ketones is 1. The first-order chi connectivity index (χ1) is 15.1. The largest absolute Gasteiger partial charge is 0.383 e. The Bertz CT molecular complexity index is 1240. The van der Waals surface area contributed by atoms with E-state index in [0.717, 1.165) is 54.0 Å². The highest BCUT2D eigenvalue weighted by Crippen LogP contribution is 2.33. The molecule has 4 aromatic rings. The maximum absolute atomic E-state index is 12.4. The summed E-state index contributed by atoms with van der Waals surface area (Å²) >= 11 is 0. The second-order valence-corrected chi connectivity index (χ2v) is 7.93. The predicted octanol–water partition coefficient (Wildman–Crippen LogP) is 3.71. The van der Waals surface area contributed by atoms with E-state index in [0.29, 0.717) is 17.0 Å². The number of benzene rings is 1. The lowest BCUT2D eigenvalue weighted by atomic mass is 9.90. The van der Waals surface area contributed by atoms with Crippen LogP contribution in [-0.2, 0) is 0 Å². The maximum atomic E-state index is 12.4. The van der Waals surface area contributed by atoms with Gasteiger partial charge >= 0.3 is 0 Å². The number of carbonyl (C=O) groups excluding carboxylic acids is 1. The lowest BCUT2D eigenvalue weighted by molar-refractivity contribution is 0.101. The van der Waals surface area contributed by atoms with Crippen LogP contribution in [0.5, 0.6) is 0 Å². The maximum Gasteiger partial charge on any atom is 0.165 e. The van der Waals surface area contributed by atoms with Gasteiger partial charge < -0.3 is 11.1 Å². The van der Waals surface area contributed by atoms with Gasteiger partial charge in [-0.1, -0.05) is 36.4 Å². The molecular weight excluding hydrogens is 388 g/mol. The molecule has 3 N–H and O–H groups in total. The van der Waals surface area contributed by atoms with Crippen molar-refractivity contribution >= 4 is 17.2 Å². The van der Waals surface area contributed by atoms with Gasteiger partial charge in [-0.2, -0.15) is 9.61 Å². The number of nitrogens with zero attached hydrogens (tertiary/aromatic N) is 4. The predicted molar refractivity (Wildman–Crippen MR) is 121 cm³/mol. The monoisotopic (exact) mass is 412 g/mol. The van der Waals surface area contributed by atoms with Gasteiger partial charge in [0.25, 0.3) is 0 Å². The van der Waals surface area contributed by atoms with E-state index in [1.807, 2.05) is 48.7 Å². The van der Waals surface area contributed by atoms with Gasteiger partial charge in [0.05, 0.1) is 23.1 Å². The van der Waals surface area contributed by atoms with Gasteiger partial charge in [0.1, 0.15) is 5.82 Å². The highest BCUT2D eigenvalue weighted by Gasteiger charge is 2.26. The molecule has 0 saturated carbocycles. The van der Waals surface area contributed by atoms with Crippen molar-refractivity contribution in [2.45, 2.75) is 25.7 Å². The number of nitrogens with one attached hydrogen (secondary N) is 1. The minimum absolute atomic E-state index is 0.0774. The molecule has 1 saturated heterocycles. The van der Waals surface area contributed by atoms with Gasteiger partial charge in [-0.15, -0.1) is 0 Å². The molecule has 3 aromatic heterocycles. The van der Waals surface area contributed by atoms with Crippen molar-refractivity contribution in [1.29, 1.82) is 0 Å². The van der Waals surface area contributed by atoms with Gasteiger partial charge in [0, 0.05) is 28.8 Å². The summed E-state index contributed by atoms with van der Waals surface area (Å²) in [5.74, 6) is 0.478. The van der Waals surface area contributed by atoms with Crippen molar-refractivity contribution in [2.24, 2.45) is 0 Å². The molecule has 0 aliphatic carbocycles. The van der Waals surface area contributed by atoms with Gasteiger partial charge in [-0.05, 0) is 38.9 Å². The minimum atomic E-state index is -0.0774. The van der Waals surface area contributed by atoms with Crippen molar-refractivity contribution in [1.82, 2.24) is 24.9 Å². The summed E-state index contributed by atoms with van der Waals surface area (Å²) in [7, 11) is 0. The van der Waals surface area contributed by atoms with Gasteiger partial charge in [0.15, 0.2) is 11.4 Å².